The predicted molar refractivity (Wildman–Crippen MR) is 106 cm³/mol. The Labute approximate surface area is 164 Å². The van der Waals surface area contributed by atoms with Crippen LogP contribution in [0.1, 0.15) is 41.6 Å². The van der Waals surface area contributed by atoms with Crippen molar-refractivity contribution in [1.82, 2.24) is 15.3 Å². The van der Waals surface area contributed by atoms with Crippen molar-refractivity contribution in [2.45, 2.75) is 32.9 Å². The molecule has 0 saturated carbocycles. The molecule has 0 fully saturated rings. The number of benzene rings is 1. The van der Waals surface area contributed by atoms with E-state index in [-0.39, 0.29) is 17.7 Å². The number of nitrogens with zero attached hydrogens (tertiary/aromatic N) is 2. The van der Waals surface area contributed by atoms with Crippen molar-refractivity contribution in [2.75, 3.05) is 11.6 Å². The number of carbonyl (C=O) groups excluding carboxylic acids is 1. The van der Waals surface area contributed by atoms with Gasteiger partial charge in [-0.2, -0.15) is 0 Å². The lowest BCUT2D eigenvalue weighted by molar-refractivity contribution is 0.0936. The first-order valence-corrected chi connectivity index (χ1v) is 10.5. The minimum Gasteiger partial charge on any atom is -0.376 e. The van der Waals surface area contributed by atoms with Crippen LogP contribution in [0.15, 0.2) is 42.1 Å². The van der Waals surface area contributed by atoms with Crippen LogP contribution in [0.2, 0.25) is 0 Å². The molecular formula is C19H23FN4O3S. The number of sulfone groups is 1. The Morgan fingerprint density at radius 2 is 1.86 bits per heavy atom. The number of hydrogen-bond donors (Lipinski definition) is 2. The number of hydrogen-bond acceptors (Lipinski definition) is 6. The molecule has 1 unspecified atom stereocenters. The molecule has 1 aromatic heterocycles. The molecule has 0 bridgehead atoms. The fourth-order valence-electron chi connectivity index (χ4n) is 2.52. The van der Waals surface area contributed by atoms with E-state index in [1.165, 1.54) is 24.5 Å². The Bertz CT molecular complexity index is 975. The summed E-state index contributed by atoms with van der Waals surface area (Å²) in [5.41, 5.74) is 1.96. The lowest BCUT2D eigenvalue weighted by atomic mass is 10.0. The molecule has 0 aliphatic carbocycles. The molecule has 2 rings (SSSR count). The van der Waals surface area contributed by atoms with Crippen LogP contribution < -0.4 is 10.6 Å². The normalized spacial score (nSPS) is 13.9. The van der Waals surface area contributed by atoms with Crippen LogP contribution in [0, 0.1) is 12.7 Å². The third kappa shape index (κ3) is 6.12. The van der Waals surface area contributed by atoms with Crippen molar-refractivity contribution in [3.05, 3.63) is 64.8 Å². The molecule has 7 nitrogen and oxygen atoms in total. The minimum atomic E-state index is -3.26. The quantitative estimate of drug-likeness (QED) is 0.733. The van der Waals surface area contributed by atoms with Crippen LogP contribution in [0.4, 0.5) is 10.1 Å². The highest BCUT2D eigenvalue weighted by atomic mass is 32.2. The van der Waals surface area contributed by atoms with E-state index in [1.54, 1.807) is 19.9 Å². The number of aromatic nitrogens is 2. The zero-order valence-electron chi connectivity index (χ0n) is 16.1. The summed E-state index contributed by atoms with van der Waals surface area (Å²) in [6.45, 7) is 5.24. The molecule has 0 spiro atoms. The zero-order valence-corrected chi connectivity index (χ0v) is 16.9. The summed E-state index contributed by atoms with van der Waals surface area (Å²) in [5, 5.41) is 6.79. The van der Waals surface area contributed by atoms with Crippen LogP contribution in [-0.4, -0.2) is 36.6 Å². The average molecular weight is 406 g/mol. The summed E-state index contributed by atoms with van der Waals surface area (Å²) >= 11 is 0. The standard InChI is InChI=1S/C19H23FN4O3S/c1-12(8-9-28(4,26)27)23-19(25)18-21-10-15(11-22-18)24-14(3)16-6-5-7-17(20)13(16)2/h5-12,14,24H,1-4H3,(H,23,25)/b9-8+/t12-,14?/m1/s1. The van der Waals surface area contributed by atoms with Crippen LogP contribution >= 0.6 is 0 Å². The van der Waals surface area contributed by atoms with E-state index in [0.717, 1.165) is 17.2 Å². The van der Waals surface area contributed by atoms with Crippen molar-refractivity contribution in [1.29, 1.82) is 0 Å². The Hall–Kier alpha value is -2.81. The number of halogens is 1. The highest BCUT2D eigenvalue weighted by Gasteiger charge is 2.14. The summed E-state index contributed by atoms with van der Waals surface area (Å²) in [5.74, 6) is -0.834. The third-order valence-corrected chi connectivity index (χ3v) is 4.64. The van der Waals surface area contributed by atoms with Crippen LogP contribution in [0.3, 0.4) is 0 Å². The fraction of sp³-hybridized carbons (Fsp3) is 0.316. The van der Waals surface area contributed by atoms with E-state index in [0.29, 0.717) is 11.3 Å². The van der Waals surface area contributed by atoms with Gasteiger partial charge in [0, 0.05) is 23.7 Å². The maximum Gasteiger partial charge on any atom is 0.289 e. The lowest BCUT2D eigenvalue weighted by Crippen LogP contribution is -2.32. The van der Waals surface area contributed by atoms with Gasteiger partial charge in [0.2, 0.25) is 5.82 Å². The van der Waals surface area contributed by atoms with E-state index < -0.39 is 21.8 Å². The topological polar surface area (TPSA) is 101 Å². The van der Waals surface area contributed by atoms with Crippen molar-refractivity contribution in [3.8, 4) is 0 Å². The predicted octanol–water partition coefficient (Wildman–Crippen LogP) is 2.77. The van der Waals surface area contributed by atoms with Gasteiger partial charge in [-0.1, -0.05) is 18.2 Å². The largest absolute Gasteiger partial charge is 0.376 e. The molecule has 1 heterocycles. The second kappa shape index (κ2) is 8.92. The van der Waals surface area contributed by atoms with Gasteiger partial charge in [-0.05, 0) is 38.0 Å². The van der Waals surface area contributed by atoms with E-state index in [4.69, 9.17) is 0 Å². The van der Waals surface area contributed by atoms with Crippen LogP contribution in [-0.2, 0) is 9.84 Å². The van der Waals surface area contributed by atoms with Gasteiger partial charge in [0.05, 0.1) is 18.1 Å². The van der Waals surface area contributed by atoms with Crippen LogP contribution in [0.5, 0.6) is 0 Å². The monoisotopic (exact) mass is 406 g/mol. The minimum absolute atomic E-state index is 0.0419. The summed E-state index contributed by atoms with van der Waals surface area (Å²) in [6.07, 6.45) is 5.36. The maximum atomic E-state index is 13.7. The Morgan fingerprint density at radius 3 is 2.46 bits per heavy atom. The van der Waals surface area contributed by atoms with Gasteiger partial charge >= 0.3 is 0 Å². The summed E-state index contributed by atoms with van der Waals surface area (Å²) in [6, 6.07) is 4.22. The second-order valence-corrected chi connectivity index (χ2v) is 8.47. The average Bonchev–Trinajstić information content (AvgIpc) is 2.62. The second-order valence-electron chi connectivity index (χ2n) is 6.54. The molecule has 28 heavy (non-hydrogen) atoms. The summed E-state index contributed by atoms with van der Waals surface area (Å²) in [4.78, 5) is 20.2. The molecule has 0 aliphatic rings. The number of nitrogens with one attached hydrogen (secondary N) is 2. The highest BCUT2D eigenvalue weighted by Crippen LogP contribution is 2.23. The van der Waals surface area contributed by atoms with Gasteiger partial charge in [-0.15, -0.1) is 0 Å². The maximum absolute atomic E-state index is 13.7. The Balaban J connectivity index is 2.02. The van der Waals surface area contributed by atoms with Crippen molar-refractivity contribution < 1.29 is 17.6 Å². The van der Waals surface area contributed by atoms with Gasteiger partial charge < -0.3 is 10.6 Å². The van der Waals surface area contributed by atoms with Gasteiger partial charge in [-0.25, -0.2) is 22.8 Å². The molecule has 0 radical (unpaired) electrons. The van der Waals surface area contributed by atoms with E-state index in [9.17, 15) is 17.6 Å². The van der Waals surface area contributed by atoms with Crippen LogP contribution in [0.25, 0.3) is 0 Å². The lowest BCUT2D eigenvalue weighted by Gasteiger charge is -2.18. The van der Waals surface area contributed by atoms with Crippen molar-refractivity contribution >= 4 is 21.4 Å². The number of carbonyl (C=O) groups is 1. The highest BCUT2D eigenvalue weighted by molar-refractivity contribution is 7.93. The van der Waals surface area contributed by atoms with Crippen molar-refractivity contribution in [2.24, 2.45) is 0 Å². The first kappa shape index (κ1) is 21.5. The molecule has 0 saturated heterocycles. The molecule has 0 aliphatic heterocycles. The van der Waals surface area contributed by atoms with Gasteiger partial charge in [0.25, 0.3) is 5.91 Å². The first-order valence-electron chi connectivity index (χ1n) is 8.59. The van der Waals surface area contributed by atoms with Gasteiger partial charge in [-0.3, -0.25) is 4.79 Å². The van der Waals surface area contributed by atoms with E-state index >= 15 is 0 Å². The Kier molecular flexibility index (Phi) is 6.85. The molecule has 1 amide bonds. The molecule has 150 valence electrons. The molecule has 2 aromatic rings. The number of rotatable bonds is 7. The SMILES string of the molecule is Cc1c(F)cccc1C(C)Nc1cnc(C(=O)N[C@H](C)/C=C/S(C)(=O)=O)nc1. The smallest absolute Gasteiger partial charge is 0.289 e. The Morgan fingerprint density at radius 1 is 1.21 bits per heavy atom. The van der Waals surface area contributed by atoms with E-state index in [2.05, 4.69) is 20.6 Å². The van der Waals surface area contributed by atoms with E-state index in [1.807, 2.05) is 13.0 Å². The van der Waals surface area contributed by atoms with Crippen molar-refractivity contribution in [3.63, 3.8) is 0 Å². The fourth-order valence-corrected chi connectivity index (χ4v) is 3.04. The number of amides is 1. The first-order chi connectivity index (χ1) is 13.1. The molecule has 2 atom stereocenters. The molecule has 9 heteroatoms. The van der Waals surface area contributed by atoms with Gasteiger partial charge in [0.1, 0.15) is 5.82 Å². The van der Waals surface area contributed by atoms with Gasteiger partial charge in [0.15, 0.2) is 9.84 Å². The summed E-state index contributed by atoms with van der Waals surface area (Å²) in [7, 11) is -3.26. The summed E-state index contributed by atoms with van der Waals surface area (Å²) < 4.78 is 35.9. The number of anilines is 1. The zero-order chi connectivity index (χ0) is 20.9. The molecular weight excluding hydrogens is 383 g/mol. The molecule has 1 aromatic carbocycles. The molecule has 2 N–H and O–H groups in total. The third-order valence-electron chi connectivity index (χ3n) is 3.99.